The number of ether oxygens (including phenoxy) is 1. The van der Waals surface area contributed by atoms with Crippen molar-refractivity contribution in [3.8, 4) is 0 Å². The third kappa shape index (κ3) is 2.85. The Kier molecular flexibility index (Phi) is 3.47. The van der Waals surface area contributed by atoms with Crippen molar-refractivity contribution >= 4 is 11.9 Å². The van der Waals surface area contributed by atoms with Gasteiger partial charge in [-0.25, -0.2) is 0 Å². The molecule has 1 aromatic carbocycles. The zero-order valence-corrected chi connectivity index (χ0v) is 11.1. The van der Waals surface area contributed by atoms with Gasteiger partial charge in [0.15, 0.2) is 5.82 Å². The van der Waals surface area contributed by atoms with Gasteiger partial charge in [-0.05, 0) is 30.5 Å². The molecule has 0 saturated heterocycles. The zero-order valence-electron chi connectivity index (χ0n) is 11.1. The first kappa shape index (κ1) is 12.8. The Morgan fingerprint density at radius 2 is 2.35 bits per heavy atom. The largest absolute Gasteiger partial charge is 0.380 e. The van der Waals surface area contributed by atoms with E-state index in [2.05, 4.69) is 15.5 Å². The summed E-state index contributed by atoms with van der Waals surface area (Å²) in [6.07, 6.45) is 2.18. The molecule has 0 radical (unpaired) electrons. The Morgan fingerprint density at radius 3 is 3.10 bits per heavy atom. The third-order valence-corrected chi connectivity index (χ3v) is 3.10. The molecule has 0 unspecified atom stereocenters. The summed E-state index contributed by atoms with van der Waals surface area (Å²) in [4.78, 5) is 16.2. The highest BCUT2D eigenvalue weighted by Gasteiger charge is 2.29. The smallest absolute Gasteiger partial charge is 0.328 e. The van der Waals surface area contributed by atoms with Gasteiger partial charge in [0.1, 0.15) is 0 Å². The number of aromatic nitrogens is 2. The van der Waals surface area contributed by atoms with Crippen LogP contribution in [0.5, 0.6) is 0 Å². The highest BCUT2D eigenvalue weighted by Crippen LogP contribution is 2.38. The molecule has 1 aromatic heterocycles. The summed E-state index contributed by atoms with van der Waals surface area (Å²) in [6, 6.07) is 7.36. The number of amides is 1. The van der Waals surface area contributed by atoms with Gasteiger partial charge in [-0.3, -0.25) is 10.1 Å². The Bertz CT molecular complexity index is 620. The average molecular weight is 273 g/mol. The van der Waals surface area contributed by atoms with Gasteiger partial charge in [0.25, 0.3) is 5.91 Å². The molecule has 0 aliphatic heterocycles. The van der Waals surface area contributed by atoms with Crippen LogP contribution >= 0.6 is 0 Å². The number of hydrogen-bond donors (Lipinski definition) is 1. The first-order valence-corrected chi connectivity index (χ1v) is 6.49. The second-order valence-electron chi connectivity index (χ2n) is 4.82. The summed E-state index contributed by atoms with van der Waals surface area (Å²) in [5, 5.41) is 6.46. The molecular formula is C14H15N3O3. The Morgan fingerprint density at radius 1 is 1.50 bits per heavy atom. The van der Waals surface area contributed by atoms with Gasteiger partial charge in [-0.1, -0.05) is 17.3 Å². The van der Waals surface area contributed by atoms with Gasteiger partial charge < -0.3 is 9.26 Å². The minimum Gasteiger partial charge on any atom is -0.380 e. The minimum absolute atomic E-state index is 0.147. The number of anilines is 1. The van der Waals surface area contributed by atoms with Crippen LogP contribution in [0.2, 0.25) is 0 Å². The predicted octanol–water partition coefficient (Wildman–Crippen LogP) is 2.35. The van der Waals surface area contributed by atoms with E-state index in [9.17, 15) is 4.79 Å². The number of hydrogen-bond acceptors (Lipinski definition) is 5. The summed E-state index contributed by atoms with van der Waals surface area (Å²) in [7, 11) is 1.62. The maximum Gasteiger partial charge on any atom is 0.328 e. The molecule has 1 N–H and O–H groups in total. The molecule has 104 valence electrons. The Hall–Kier alpha value is -2.21. The molecule has 1 aliphatic carbocycles. The van der Waals surface area contributed by atoms with Crippen LogP contribution in [-0.4, -0.2) is 23.2 Å². The molecule has 1 saturated carbocycles. The maximum absolute atomic E-state index is 12.1. The summed E-state index contributed by atoms with van der Waals surface area (Å²) in [5.41, 5.74) is 1.47. The maximum atomic E-state index is 12.1. The van der Waals surface area contributed by atoms with Gasteiger partial charge in [0, 0.05) is 18.6 Å². The monoisotopic (exact) mass is 273 g/mol. The van der Waals surface area contributed by atoms with E-state index >= 15 is 0 Å². The molecule has 1 fully saturated rings. The lowest BCUT2D eigenvalue weighted by Crippen LogP contribution is -2.12. The lowest BCUT2D eigenvalue weighted by Gasteiger charge is -2.03. The van der Waals surface area contributed by atoms with Crippen molar-refractivity contribution in [2.75, 3.05) is 12.4 Å². The van der Waals surface area contributed by atoms with Crippen molar-refractivity contribution in [3.63, 3.8) is 0 Å². The van der Waals surface area contributed by atoms with Crippen LogP contribution in [0.3, 0.4) is 0 Å². The van der Waals surface area contributed by atoms with Gasteiger partial charge in [-0.2, -0.15) is 4.98 Å². The van der Waals surface area contributed by atoms with Gasteiger partial charge in [0.05, 0.1) is 6.61 Å². The zero-order chi connectivity index (χ0) is 13.9. The van der Waals surface area contributed by atoms with E-state index in [4.69, 9.17) is 9.26 Å². The van der Waals surface area contributed by atoms with Crippen LogP contribution in [0.4, 0.5) is 6.01 Å². The van der Waals surface area contributed by atoms with Crippen LogP contribution in [-0.2, 0) is 11.3 Å². The van der Waals surface area contributed by atoms with Crippen LogP contribution in [0, 0.1) is 0 Å². The molecule has 1 heterocycles. The number of benzene rings is 1. The van der Waals surface area contributed by atoms with Gasteiger partial charge in [0.2, 0.25) is 0 Å². The molecular weight excluding hydrogens is 258 g/mol. The highest BCUT2D eigenvalue weighted by atomic mass is 16.5. The number of nitrogens with zero attached hydrogens (tertiary/aromatic N) is 2. The summed E-state index contributed by atoms with van der Waals surface area (Å²) in [5.74, 6) is 0.803. The fraction of sp³-hybridized carbons (Fsp3) is 0.357. The first-order chi connectivity index (χ1) is 9.76. The van der Waals surface area contributed by atoms with Crippen LogP contribution < -0.4 is 5.32 Å². The van der Waals surface area contributed by atoms with Gasteiger partial charge in [-0.15, -0.1) is 0 Å². The molecule has 0 spiro atoms. The molecule has 6 heteroatoms. The number of methoxy groups -OCH3 is 1. The molecule has 0 atom stereocenters. The molecule has 0 bridgehead atoms. The van der Waals surface area contributed by atoms with Crippen molar-refractivity contribution in [1.29, 1.82) is 0 Å². The van der Waals surface area contributed by atoms with Crippen molar-refractivity contribution in [1.82, 2.24) is 10.1 Å². The quantitative estimate of drug-likeness (QED) is 0.904. The normalized spacial score (nSPS) is 14.2. The SMILES string of the molecule is COCc1cccc(C(=O)Nc2nc(C3CC3)no2)c1. The highest BCUT2D eigenvalue weighted by molar-refractivity contribution is 6.03. The van der Waals surface area contributed by atoms with Crippen molar-refractivity contribution < 1.29 is 14.1 Å². The lowest BCUT2D eigenvalue weighted by atomic mass is 10.1. The molecule has 2 aromatic rings. The number of rotatable bonds is 5. The number of nitrogens with one attached hydrogen (secondary N) is 1. The van der Waals surface area contributed by atoms with Crippen molar-refractivity contribution in [2.24, 2.45) is 0 Å². The molecule has 3 rings (SSSR count). The Labute approximate surface area is 116 Å². The fourth-order valence-corrected chi connectivity index (χ4v) is 1.93. The standard InChI is InChI=1S/C14H15N3O3/c1-19-8-9-3-2-4-11(7-9)13(18)16-14-15-12(17-20-14)10-5-6-10/h2-4,7,10H,5-6,8H2,1H3,(H,15,16,17,18). The topological polar surface area (TPSA) is 77.2 Å². The van der Waals surface area contributed by atoms with E-state index in [1.54, 1.807) is 19.2 Å². The molecule has 1 aliphatic rings. The summed E-state index contributed by atoms with van der Waals surface area (Å²) in [6.45, 7) is 0.466. The van der Waals surface area contributed by atoms with Crippen molar-refractivity contribution in [2.45, 2.75) is 25.4 Å². The van der Waals surface area contributed by atoms with E-state index in [-0.39, 0.29) is 11.9 Å². The van der Waals surface area contributed by atoms with Crippen LogP contribution in [0.15, 0.2) is 28.8 Å². The van der Waals surface area contributed by atoms with E-state index in [0.29, 0.717) is 23.9 Å². The second kappa shape index (κ2) is 5.42. The van der Waals surface area contributed by atoms with E-state index < -0.39 is 0 Å². The predicted molar refractivity (Wildman–Crippen MR) is 71.4 cm³/mol. The molecule has 1 amide bonds. The number of carbonyl (C=O) groups is 1. The third-order valence-electron chi connectivity index (χ3n) is 3.10. The van der Waals surface area contributed by atoms with Crippen LogP contribution in [0.25, 0.3) is 0 Å². The van der Waals surface area contributed by atoms with E-state index in [0.717, 1.165) is 18.4 Å². The Balaban J connectivity index is 1.69. The van der Waals surface area contributed by atoms with Gasteiger partial charge >= 0.3 is 6.01 Å². The van der Waals surface area contributed by atoms with Crippen molar-refractivity contribution in [3.05, 3.63) is 41.2 Å². The van der Waals surface area contributed by atoms with E-state index in [1.165, 1.54) is 0 Å². The summed E-state index contributed by atoms with van der Waals surface area (Å²) < 4.78 is 10.1. The van der Waals surface area contributed by atoms with E-state index in [1.807, 2.05) is 12.1 Å². The lowest BCUT2D eigenvalue weighted by molar-refractivity contribution is 0.102. The number of carbonyl (C=O) groups excluding carboxylic acids is 1. The fourth-order valence-electron chi connectivity index (χ4n) is 1.93. The first-order valence-electron chi connectivity index (χ1n) is 6.49. The molecule has 20 heavy (non-hydrogen) atoms. The minimum atomic E-state index is -0.269. The van der Waals surface area contributed by atoms with Crippen LogP contribution in [0.1, 0.15) is 40.5 Å². The average Bonchev–Trinajstić information content (AvgIpc) is 3.20. The molecule has 6 nitrogen and oxygen atoms in total. The second-order valence-corrected chi connectivity index (χ2v) is 4.82. The summed E-state index contributed by atoms with van der Waals surface area (Å²) >= 11 is 0.